The van der Waals surface area contributed by atoms with E-state index in [-0.39, 0.29) is 0 Å². The summed E-state index contributed by atoms with van der Waals surface area (Å²) in [5, 5.41) is 0. The molecule has 17 heavy (non-hydrogen) atoms. The van der Waals surface area contributed by atoms with Crippen LogP contribution in [-0.2, 0) is 0 Å². The minimum atomic E-state index is 0.921. The van der Waals surface area contributed by atoms with Crippen LogP contribution in [0, 0.1) is 0 Å². The van der Waals surface area contributed by atoms with E-state index in [4.69, 9.17) is 0 Å². The van der Waals surface area contributed by atoms with Crippen LogP contribution < -0.4 is 0 Å². The quantitative estimate of drug-likeness (QED) is 0.757. The maximum Gasteiger partial charge on any atom is 0.0702 e. The number of pyridine rings is 1. The average molecular weight is 221 g/mol. The molecule has 0 fully saturated rings. The molecule has 0 N–H and O–H groups in total. The number of aromatic nitrogens is 1. The maximum absolute atomic E-state index is 4.33. The molecule has 0 spiro atoms. The predicted molar refractivity (Wildman–Crippen MR) is 73.5 cm³/mol. The minimum Gasteiger partial charge on any atom is -0.256 e. The van der Waals surface area contributed by atoms with Crippen LogP contribution in [0.4, 0.5) is 0 Å². The largest absolute Gasteiger partial charge is 0.256 e. The fourth-order valence-electron chi connectivity index (χ4n) is 1.90. The smallest absolute Gasteiger partial charge is 0.0702 e. The zero-order chi connectivity index (χ0) is 12.1. The molecule has 0 aliphatic rings. The first-order chi connectivity index (χ1) is 8.36. The lowest BCUT2D eigenvalue weighted by Gasteiger charge is -2.10. The normalized spacial score (nSPS) is 11.2. The van der Waals surface area contributed by atoms with E-state index >= 15 is 0 Å². The number of allylic oxidation sites excluding steroid dienone is 1. The van der Waals surface area contributed by atoms with Crippen LogP contribution in [0.5, 0.6) is 0 Å². The first-order valence-electron chi connectivity index (χ1n) is 5.66. The minimum absolute atomic E-state index is 0.921. The molecule has 0 aliphatic carbocycles. The lowest BCUT2D eigenvalue weighted by Crippen LogP contribution is -1.93. The Morgan fingerprint density at radius 3 is 2.53 bits per heavy atom. The van der Waals surface area contributed by atoms with Gasteiger partial charge in [-0.2, -0.15) is 0 Å². The Kier molecular flexibility index (Phi) is 3.51. The molecule has 2 aromatic rings. The summed E-state index contributed by atoms with van der Waals surface area (Å²) in [4.78, 5) is 4.33. The molecule has 1 heterocycles. The van der Waals surface area contributed by atoms with Gasteiger partial charge in [-0.3, -0.25) is 4.98 Å². The van der Waals surface area contributed by atoms with Crippen LogP contribution >= 0.6 is 0 Å². The second-order valence-electron chi connectivity index (χ2n) is 3.71. The molecule has 0 unspecified atom stereocenters. The van der Waals surface area contributed by atoms with E-state index in [2.05, 4.69) is 35.8 Å². The SMILES string of the molecule is C=Cc1ncccc1/C(=C\C)c1ccccc1. The Morgan fingerprint density at radius 2 is 1.88 bits per heavy atom. The number of hydrogen-bond donors (Lipinski definition) is 0. The molecule has 0 bridgehead atoms. The van der Waals surface area contributed by atoms with Crippen LogP contribution in [0.15, 0.2) is 61.3 Å². The van der Waals surface area contributed by atoms with Gasteiger partial charge in [-0.1, -0.05) is 49.1 Å². The molecule has 0 radical (unpaired) electrons. The fraction of sp³-hybridized carbons (Fsp3) is 0.0625. The van der Waals surface area contributed by atoms with E-state index in [1.54, 1.807) is 12.3 Å². The Morgan fingerprint density at radius 1 is 1.12 bits per heavy atom. The van der Waals surface area contributed by atoms with Crippen LogP contribution in [0.1, 0.15) is 23.7 Å². The van der Waals surface area contributed by atoms with Crippen LogP contribution in [0.25, 0.3) is 11.6 Å². The number of hydrogen-bond acceptors (Lipinski definition) is 1. The van der Waals surface area contributed by atoms with Crippen LogP contribution in [0.2, 0.25) is 0 Å². The molecular weight excluding hydrogens is 206 g/mol. The van der Waals surface area contributed by atoms with Gasteiger partial charge < -0.3 is 0 Å². The van der Waals surface area contributed by atoms with Crippen molar-refractivity contribution in [2.75, 3.05) is 0 Å². The Balaban J connectivity index is 2.55. The monoisotopic (exact) mass is 221 g/mol. The van der Waals surface area contributed by atoms with E-state index in [1.807, 2.05) is 31.2 Å². The second kappa shape index (κ2) is 5.26. The highest BCUT2D eigenvalue weighted by atomic mass is 14.7. The summed E-state index contributed by atoms with van der Waals surface area (Å²) >= 11 is 0. The van der Waals surface area contributed by atoms with E-state index in [9.17, 15) is 0 Å². The second-order valence-corrected chi connectivity index (χ2v) is 3.71. The molecule has 1 aromatic carbocycles. The van der Waals surface area contributed by atoms with Crippen molar-refractivity contribution in [1.29, 1.82) is 0 Å². The predicted octanol–water partition coefficient (Wildman–Crippen LogP) is 4.18. The van der Waals surface area contributed by atoms with Gasteiger partial charge >= 0.3 is 0 Å². The number of nitrogens with zero attached hydrogens (tertiary/aromatic N) is 1. The van der Waals surface area contributed by atoms with Crippen LogP contribution in [0.3, 0.4) is 0 Å². The van der Waals surface area contributed by atoms with Crippen molar-refractivity contribution in [2.45, 2.75) is 6.92 Å². The molecule has 0 aliphatic heterocycles. The molecule has 0 saturated carbocycles. The first-order valence-corrected chi connectivity index (χ1v) is 5.66. The van der Waals surface area contributed by atoms with Crippen LogP contribution in [-0.4, -0.2) is 4.98 Å². The van der Waals surface area contributed by atoms with Crippen molar-refractivity contribution >= 4 is 11.6 Å². The van der Waals surface area contributed by atoms with Crippen molar-refractivity contribution in [3.05, 3.63) is 78.1 Å². The summed E-state index contributed by atoms with van der Waals surface area (Å²) in [5.74, 6) is 0. The Labute approximate surface area is 102 Å². The maximum atomic E-state index is 4.33. The summed E-state index contributed by atoms with van der Waals surface area (Å²) in [6.45, 7) is 5.86. The van der Waals surface area contributed by atoms with Crippen molar-refractivity contribution < 1.29 is 0 Å². The molecule has 1 nitrogen and oxygen atoms in total. The van der Waals surface area contributed by atoms with Crippen molar-refractivity contribution in [3.8, 4) is 0 Å². The third-order valence-corrected chi connectivity index (χ3v) is 2.70. The van der Waals surface area contributed by atoms with E-state index in [1.165, 1.54) is 11.1 Å². The highest BCUT2D eigenvalue weighted by Crippen LogP contribution is 2.25. The Bertz CT molecular complexity index is 538. The van der Waals surface area contributed by atoms with Crippen molar-refractivity contribution in [3.63, 3.8) is 0 Å². The van der Waals surface area contributed by atoms with E-state index < -0.39 is 0 Å². The van der Waals surface area contributed by atoms with Gasteiger partial charge in [0.1, 0.15) is 0 Å². The van der Waals surface area contributed by atoms with E-state index in [0.29, 0.717) is 0 Å². The molecule has 1 heteroatoms. The zero-order valence-electron chi connectivity index (χ0n) is 9.93. The lowest BCUT2D eigenvalue weighted by atomic mass is 9.96. The van der Waals surface area contributed by atoms with Gasteiger partial charge in [-0.05, 0) is 30.2 Å². The van der Waals surface area contributed by atoms with Gasteiger partial charge in [0, 0.05) is 11.8 Å². The molecule has 1 aromatic heterocycles. The van der Waals surface area contributed by atoms with Gasteiger partial charge in [-0.15, -0.1) is 0 Å². The van der Waals surface area contributed by atoms with Crippen molar-refractivity contribution in [2.24, 2.45) is 0 Å². The standard InChI is InChI=1S/C16H15N/c1-3-14(13-9-6-5-7-10-13)15-11-8-12-17-16(15)4-2/h3-12H,2H2,1H3/b14-3-. The Hall–Kier alpha value is -2.15. The summed E-state index contributed by atoms with van der Waals surface area (Å²) < 4.78 is 0. The first kappa shape index (κ1) is 11.3. The highest BCUT2D eigenvalue weighted by Gasteiger charge is 2.07. The van der Waals surface area contributed by atoms with Gasteiger partial charge in [0.2, 0.25) is 0 Å². The molecule has 2 rings (SSSR count). The average Bonchev–Trinajstić information content (AvgIpc) is 2.41. The molecule has 0 amide bonds. The lowest BCUT2D eigenvalue weighted by molar-refractivity contribution is 1.27. The fourth-order valence-corrected chi connectivity index (χ4v) is 1.90. The molecule has 0 atom stereocenters. The summed E-state index contributed by atoms with van der Waals surface area (Å²) in [6.07, 6.45) is 5.69. The van der Waals surface area contributed by atoms with Gasteiger partial charge in [0.25, 0.3) is 0 Å². The number of rotatable bonds is 3. The highest BCUT2D eigenvalue weighted by molar-refractivity contribution is 5.83. The zero-order valence-corrected chi connectivity index (χ0v) is 9.93. The molecular formula is C16H15N. The summed E-state index contributed by atoms with van der Waals surface area (Å²) in [6, 6.07) is 14.4. The summed E-state index contributed by atoms with van der Waals surface area (Å²) in [5.41, 5.74) is 4.43. The molecule has 84 valence electrons. The third kappa shape index (κ3) is 2.34. The van der Waals surface area contributed by atoms with Gasteiger partial charge in [0.15, 0.2) is 0 Å². The van der Waals surface area contributed by atoms with Crippen molar-refractivity contribution in [1.82, 2.24) is 4.98 Å². The topological polar surface area (TPSA) is 12.9 Å². The molecule has 0 saturated heterocycles. The van der Waals surface area contributed by atoms with E-state index in [0.717, 1.165) is 11.3 Å². The van der Waals surface area contributed by atoms with Gasteiger partial charge in [0.05, 0.1) is 5.69 Å². The third-order valence-electron chi connectivity index (χ3n) is 2.70. The summed E-state index contributed by atoms with van der Waals surface area (Å²) in [7, 11) is 0. The number of benzene rings is 1. The van der Waals surface area contributed by atoms with Gasteiger partial charge in [-0.25, -0.2) is 0 Å².